The van der Waals surface area contributed by atoms with E-state index in [0.29, 0.717) is 22.9 Å². The van der Waals surface area contributed by atoms with Gasteiger partial charge in [-0.1, -0.05) is 43.1 Å². The maximum Gasteiger partial charge on any atom is 0.529 e. The van der Waals surface area contributed by atoms with Crippen molar-refractivity contribution in [3.8, 4) is 0 Å². The standard InChI is InChI=1S/C20H27Cl2O6P/c1-6-26-29(24,27-7-2)28-17-10-13(3)12-20(4,18(17)19(23)25-5)14-8-9-15(21)16(22)11-14/h8-9,11,13H,6-7,10,12H2,1-5H3. The van der Waals surface area contributed by atoms with Crippen LogP contribution in [-0.2, 0) is 33.1 Å². The number of halogens is 2. The van der Waals surface area contributed by atoms with E-state index in [1.807, 2.05) is 19.9 Å². The van der Waals surface area contributed by atoms with Crippen LogP contribution in [0.4, 0.5) is 0 Å². The van der Waals surface area contributed by atoms with Gasteiger partial charge in [-0.3, -0.25) is 9.05 Å². The highest BCUT2D eigenvalue weighted by Gasteiger charge is 2.46. The van der Waals surface area contributed by atoms with Crippen LogP contribution in [0.15, 0.2) is 29.5 Å². The van der Waals surface area contributed by atoms with Gasteiger partial charge in [0.05, 0.1) is 35.9 Å². The maximum absolute atomic E-state index is 13.0. The van der Waals surface area contributed by atoms with Crippen LogP contribution in [0.25, 0.3) is 0 Å². The molecule has 0 bridgehead atoms. The number of phosphoric ester groups is 1. The van der Waals surface area contributed by atoms with E-state index >= 15 is 0 Å². The molecule has 0 N–H and O–H groups in total. The highest BCUT2D eigenvalue weighted by atomic mass is 35.5. The molecule has 9 heteroatoms. The summed E-state index contributed by atoms with van der Waals surface area (Å²) in [6, 6.07) is 5.23. The summed E-state index contributed by atoms with van der Waals surface area (Å²) in [6.45, 7) is 7.58. The van der Waals surface area contributed by atoms with E-state index in [-0.39, 0.29) is 30.5 Å². The number of ether oxygens (including phenoxy) is 1. The Kier molecular flexibility index (Phi) is 8.23. The van der Waals surface area contributed by atoms with Gasteiger partial charge in [0.1, 0.15) is 5.76 Å². The smallest absolute Gasteiger partial charge is 0.466 e. The molecular weight excluding hydrogens is 438 g/mol. The number of allylic oxidation sites excluding steroid dienone is 1. The molecule has 162 valence electrons. The van der Waals surface area contributed by atoms with E-state index in [2.05, 4.69) is 0 Å². The lowest BCUT2D eigenvalue weighted by Crippen LogP contribution is -2.37. The van der Waals surface area contributed by atoms with Gasteiger partial charge in [-0.15, -0.1) is 0 Å². The molecule has 0 heterocycles. The van der Waals surface area contributed by atoms with Crippen molar-refractivity contribution < 1.29 is 27.7 Å². The molecule has 1 aliphatic rings. The maximum atomic E-state index is 13.0. The summed E-state index contributed by atoms with van der Waals surface area (Å²) in [5.41, 5.74) is 0.260. The van der Waals surface area contributed by atoms with Crippen LogP contribution in [0.5, 0.6) is 0 Å². The summed E-state index contributed by atoms with van der Waals surface area (Å²) in [6.07, 6.45) is 1.03. The molecule has 2 rings (SSSR count). The van der Waals surface area contributed by atoms with Crippen molar-refractivity contribution in [2.75, 3.05) is 20.3 Å². The SMILES string of the molecule is CCOP(=O)(OCC)OC1=C(C(=O)OC)C(C)(c2ccc(Cl)c(Cl)c2)CC(C)C1. The number of carbonyl (C=O) groups excluding carboxylic acids is 1. The molecule has 0 aliphatic heterocycles. The second-order valence-electron chi connectivity index (χ2n) is 7.14. The zero-order valence-electron chi connectivity index (χ0n) is 17.3. The van der Waals surface area contributed by atoms with Crippen molar-refractivity contribution in [1.82, 2.24) is 0 Å². The van der Waals surface area contributed by atoms with Gasteiger partial charge in [-0.05, 0) is 43.9 Å². The predicted molar refractivity (Wildman–Crippen MR) is 113 cm³/mol. The average Bonchev–Trinajstić information content (AvgIpc) is 2.63. The van der Waals surface area contributed by atoms with E-state index in [4.69, 9.17) is 41.5 Å². The van der Waals surface area contributed by atoms with Gasteiger partial charge in [0.15, 0.2) is 0 Å². The number of phosphoric acid groups is 1. The number of rotatable bonds is 8. The van der Waals surface area contributed by atoms with Crippen LogP contribution in [0.3, 0.4) is 0 Å². The minimum absolute atomic E-state index is 0.120. The molecule has 29 heavy (non-hydrogen) atoms. The molecule has 0 amide bonds. The third kappa shape index (κ3) is 5.36. The van der Waals surface area contributed by atoms with Crippen molar-refractivity contribution in [2.45, 2.75) is 46.0 Å². The molecule has 1 aliphatic carbocycles. The lowest BCUT2D eigenvalue weighted by atomic mass is 9.66. The predicted octanol–water partition coefficient (Wildman–Crippen LogP) is 6.31. The Hall–Kier alpha value is -1.04. The van der Waals surface area contributed by atoms with Crippen molar-refractivity contribution in [2.24, 2.45) is 5.92 Å². The molecule has 1 aromatic rings. The minimum Gasteiger partial charge on any atom is -0.466 e. The van der Waals surface area contributed by atoms with Gasteiger partial charge in [-0.2, -0.15) is 0 Å². The van der Waals surface area contributed by atoms with Gasteiger partial charge in [0, 0.05) is 11.8 Å². The Morgan fingerprint density at radius 2 is 1.83 bits per heavy atom. The number of carbonyl (C=O) groups is 1. The minimum atomic E-state index is -3.88. The number of hydrogen-bond acceptors (Lipinski definition) is 6. The first-order chi connectivity index (χ1) is 13.6. The van der Waals surface area contributed by atoms with Gasteiger partial charge >= 0.3 is 13.8 Å². The van der Waals surface area contributed by atoms with Crippen LogP contribution in [0.2, 0.25) is 10.0 Å². The van der Waals surface area contributed by atoms with Crippen LogP contribution in [-0.4, -0.2) is 26.3 Å². The normalized spacial score (nSPS) is 22.5. The van der Waals surface area contributed by atoms with Crippen molar-refractivity contribution >= 4 is 37.0 Å². The van der Waals surface area contributed by atoms with Crippen molar-refractivity contribution in [1.29, 1.82) is 0 Å². The van der Waals surface area contributed by atoms with Gasteiger partial charge in [0.25, 0.3) is 0 Å². The first-order valence-corrected chi connectivity index (χ1v) is 11.7. The van der Waals surface area contributed by atoms with Crippen molar-refractivity contribution in [3.63, 3.8) is 0 Å². The fourth-order valence-corrected chi connectivity index (χ4v) is 5.31. The van der Waals surface area contributed by atoms with E-state index in [0.717, 1.165) is 5.56 Å². The Labute approximate surface area is 182 Å². The molecule has 1 aromatic carbocycles. The van der Waals surface area contributed by atoms with Crippen molar-refractivity contribution in [3.05, 3.63) is 45.1 Å². The summed E-state index contributed by atoms with van der Waals surface area (Å²) in [5.74, 6) is -0.205. The number of methoxy groups -OCH3 is 1. The highest BCUT2D eigenvalue weighted by Crippen LogP contribution is 2.56. The van der Waals surface area contributed by atoms with E-state index in [1.54, 1.807) is 26.0 Å². The largest absolute Gasteiger partial charge is 0.529 e. The zero-order valence-corrected chi connectivity index (χ0v) is 19.7. The van der Waals surface area contributed by atoms with E-state index in [1.165, 1.54) is 7.11 Å². The van der Waals surface area contributed by atoms with Crippen LogP contribution in [0, 0.1) is 5.92 Å². The Morgan fingerprint density at radius 3 is 2.34 bits per heavy atom. The van der Waals surface area contributed by atoms with E-state index in [9.17, 15) is 9.36 Å². The fourth-order valence-electron chi connectivity index (χ4n) is 3.76. The first-order valence-electron chi connectivity index (χ1n) is 9.46. The van der Waals surface area contributed by atoms with Crippen LogP contribution >= 0.6 is 31.0 Å². The number of hydrogen-bond donors (Lipinski definition) is 0. The Morgan fingerprint density at radius 1 is 1.21 bits per heavy atom. The summed E-state index contributed by atoms with van der Waals surface area (Å²) in [4.78, 5) is 12.8. The quantitative estimate of drug-likeness (QED) is 0.331. The lowest BCUT2D eigenvalue weighted by Gasteiger charge is -2.40. The Bertz CT molecular complexity index is 830. The molecule has 0 radical (unpaired) electrons. The second kappa shape index (κ2) is 9.84. The summed E-state index contributed by atoms with van der Waals surface area (Å²) >= 11 is 12.3. The average molecular weight is 465 g/mol. The third-order valence-corrected chi connectivity index (χ3v) is 7.20. The highest BCUT2D eigenvalue weighted by molar-refractivity contribution is 7.48. The fraction of sp³-hybridized carbons (Fsp3) is 0.550. The topological polar surface area (TPSA) is 71.1 Å². The molecule has 6 nitrogen and oxygen atoms in total. The van der Waals surface area contributed by atoms with Gasteiger partial charge in [0.2, 0.25) is 0 Å². The molecule has 2 unspecified atom stereocenters. The third-order valence-electron chi connectivity index (χ3n) is 4.86. The van der Waals surface area contributed by atoms with Crippen LogP contribution < -0.4 is 0 Å². The summed E-state index contributed by atoms with van der Waals surface area (Å²) < 4.78 is 34.3. The lowest BCUT2D eigenvalue weighted by molar-refractivity contribution is -0.137. The number of benzene rings is 1. The molecule has 0 saturated carbocycles. The van der Waals surface area contributed by atoms with Gasteiger partial charge in [-0.25, -0.2) is 9.36 Å². The summed E-state index contributed by atoms with van der Waals surface area (Å²) in [7, 11) is -2.58. The molecule has 0 spiro atoms. The zero-order chi connectivity index (χ0) is 21.8. The van der Waals surface area contributed by atoms with Crippen LogP contribution in [0.1, 0.15) is 46.1 Å². The number of esters is 1. The monoisotopic (exact) mass is 464 g/mol. The molecule has 0 fully saturated rings. The second-order valence-corrected chi connectivity index (χ2v) is 9.55. The molecule has 2 atom stereocenters. The Balaban J connectivity index is 2.66. The van der Waals surface area contributed by atoms with E-state index < -0.39 is 19.2 Å². The first kappa shape index (κ1) is 24.2. The molecule has 0 saturated heterocycles. The summed E-state index contributed by atoms with van der Waals surface area (Å²) in [5, 5.41) is 0.796. The molecular formula is C20H27Cl2O6P. The van der Waals surface area contributed by atoms with Gasteiger partial charge < -0.3 is 9.26 Å². The molecule has 0 aromatic heterocycles.